The highest BCUT2D eigenvalue weighted by molar-refractivity contribution is 5.92. The first-order chi connectivity index (χ1) is 11.2. The SMILES string of the molecule is Cn1nncc1C(=O)N1CCCCC[C@H]1C[C@@H](O)c1ccco1. The Labute approximate surface area is 134 Å². The second-order valence-corrected chi connectivity index (χ2v) is 6.01. The molecule has 0 aliphatic carbocycles. The van der Waals surface area contributed by atoms with Crippen molar-refractivity contribution in [2.24, 2.45) is 7.05 Å². The third-order valence-corrected chi connectivity index (χ3v) is 4.44. The van der Waals surface area contributed by atoms with Crippen molar-refractivity contribution in [2.45, 2.75) is 44.2 Å². The van der Waals surface area contributed by atoms with E-state index in [2.05, 4.69) is 10.3 Å². The second-order valence-electron chi connectivity index (χ2n) is 6.01. The molecular weight excluding hydrogens is 296 g/mol. The molecule has 1 aliphatic heterocycles. The average Bonchev–Trinajstić information content (AvgIpc) is 3.16. The van der Waals surface area contributed by atoms with Gasteiger partial charge in [0.05, 0.1) is 12.5 Å². The number of carbonyl (C=O) groups excluding carboxylic acids is 1. The molecule has 0 bridgehead atoms. The van der Waals surface area contributed by atoms with E-state index in [0.717, 1.165) is 25.7 Å². The number of hydrogen-bond donors (Lipinski definition) is 1. The fraction of sp³-hybridized carbons (Fsp3) is 0.562. The standard InChI is InChI=1S/C16H22N4O3/c1-19-13(11-17-18-19)16(22)20-8-4-2-3-6-12(20)10-14(21)15-7-5-9-23-15/h5,7,9,11-12,14,21H,2-4,6,8,10H2,1H3/t12-,14+/m0/s1. The zero-order valence-electron chi connectivity index (χ0n) is 13.3. The van der Waals surface area contributed by atoms with Gasteiger partial charge in [0.25, 0.3) is 5.91 Å². The molecule has 1 aliphatic rings. The molecular formula is C16H22N4O3. The number of likely N-dealkylation sites (tertiary alicyclic amines) is 1. The molecule has 23 heavy (non-hydrogen) atoms. The van der Waals surface area contributed by atoms with Gasteiger partial charge in [-0.2, -0.15) is 0 Å². The second kappa shape index (κ2) is 6.95. The summed E-state index contributed by atoms with van der Waals surface area (Å²) in [5.41, 5.74) is 0.476. The molecule has 2 aromatic rings. The van der Waals surface area contributed by atoms with Crippen molar-refractivity contribution >= 4 is 5.91 Å². The highest BCUT2D eigenvalue weighted by atomic mass is 16.4. The molecule has 7 nitrogen and oxygen atoms in total. The van der Waals surface area contributed by atoms with Crippen molar-refractivity contribution in [3.8, 4) is 0 Å². The zero-order valence-corrected chi connectivity index (χ0v) is 13.3. The third-order valence-electron chi connectivity index (χ3n) is 4.44. The van der Waals surface area contributed by atoms with Crippen LogP contribution in [0.15, 0.2) is 29.0 Å². The van der Waals surface area contributed by atoms with Crippen LogP contribution < -0.4 is 0 Å². The maximum Gasteiger partial charge on any atom is 0.274 e. The molecule has 0 radical (unpaired) electrons. The molecule has 1 fully saturated rings. The fourth-order valence-corrected chi connectivity index (χ4v) is 3.17. The summed E-state index contributed by atoms with van der Waals surface area (Å²) in [6, 6.07) is 3.51. The van der Waals surface area contributed by atoms with Gasteiger partial charge in [-0.1, -0.05) is 18.1 Å². The minimum absolute atomic E-state index is 0.0139. The number of aliphatic hydroxyl groups is 1. The highest BCUT2D eigenvalue weighted by Gasteiger charge is 2.30. The Morgan fingerprint density at radius 3 is 3.04 bits per heavy atom. The molecule has 1 saturated heterocycles. The predicted molar refractivity (Wildman–Crippen MR) is 82.6 cm³/mol. The lowest BCUT2D eigenvalue weighted by molar-refractivity contribution is 0.0547. The van der Waals surface area contributed by atoms with Crippen LogP contribution in [0, 0.1) is 0 Å². The van der Waals surface area contributed by atoms with Crippen molar-refractivity contribution in [3.63, 3.8) is 0 Å². The summed E-state index contributed by atoms with van der Waals surface area (Å²) in [6.07, 6.45) is 6.84. The lowest BCUT2D eigenvalue weighted by Crippen LogP contribution is -2.41. The molecule has 2 atom stereocenters. The van der Waals surface area contributed by atoms with Crippen molar-refractivity contribution < 1.29 is 14.3 Å². The Bertz CT molecular complexity index is 638. The first-order valence-electron chi connectivity index (χ1n) is 8.04. The average molecular weight is 318 g/mol. The molecule has 0 saturated carbocycles. The summed E-state index contributed by atoms with van der Waals surface area (Å²) in [5.74, 6) is 0.472. The van der Waals surface area contributed by atoms with E-state index >= 15 is 0 Å². The van der Waals surface area contributed by atoms with Crippen LogP contribution >= 0.6 is 0 Å². The lowest BCUT2D eigenvalue weighted by Gasteiger charge is -2.31. The minimum atomic E-state index is -0.701. The molecule has 7 heteroatoms. The van der Waals surface area contributed by atoms with Crippen LogP contribution in [-0.2, 0) is 7.05 Å². The summed E-state index contributed by atoms with van der Waals surface area (Å²) in [6.45, 7) is 0.694. The van der Waals surface area contributed by atoms with Gasteiger partial charge < -0.3 is 14.4 Å². The Balaban J connectivity index is 1.77. The van der Waals surface area contributed by atoms with Crippen molar-refractivity contribution in [1.82, 2.24) is 19.9 Å². The molecule has 1 amide bonds. The van der Waals surface area contributed by atoms with Crippen molar-refractivity contribution in [2.75, 3.05) is 6.54 Å². The lowest BCUT2D eigenvalue weighted by atomic mass is 10.0. The number of aryl methyl sites for hydroxylation is 1. The first-order valence-corrected chi connectivity index (χ1v) is 8.04. The van der Waals surface area contributed by atoms with E-state index in [1.807, 2.05) is 4.90 Å². The Morgan fingerprint density at radius 2 is 2.35 bits per heavy atom. The van der Waals surface area contributed by atoms with Gasteiger partial charge in [0.1, 0.15) is 17.6 Å². The van der Waals surface area contributed by atoms with Gasteiger partial charge in [-0.3, -0.25) is 4.79 Å². The van der Waals surface area contributed by atoms with Gasteiger partial charge in [0.2, 0.25) is 0 Å². The number of furan rings is 1. The molecule has 0 aromatic carbocycles. The quantitative estimate of drug-likeness (QED) is 0.931. The Hall–Kier alpha value is -2.15. The number of carbonyl (C=O) groups is 1. The van der Waals surface area contributed by atoms with E-state index in [1.54, 1.807) is 25.4 Å². The van der Waals surface area contributed by atoms with E-state index in [0.29, 0.717) is 24.4 Å². The van der Waals surface area contributed by atoms with Crippen LogP contribution in [0.25, 0.3) is 0 Å². The van der Waals surface area contributed by atoms with E-state index in [1.165, 1.54) is 10.9 Å². The van der Waals surface area contributed by atoms with Crippen LogP contribution in [0.4, 0.5) is 0 Å². The summed E-state index contributed by atoms with van der Waals surface area (Å²) >= 11 is 0. The topological polar surface area (TPSA) is 84.4 Å². The molecule has 3 heterocycles. The largest absolute Gasteiger partial charge is 0.467 e. The van der Waals surface area contributed by atoms with Crippen molar-refractivity contribution in [1.29, 1.82) is 0 Å². The van der Waals surface area contributed by atoms with Crippen LogP contribution in [0.3, 0.4) is 0 Å². The maximum absolute atomic E-state index is 12.8. The highest BCUT2D eigenvalue weighted by Crippen LogP contribution is 2.27. The van der Waals surface area contributed by atoms with Crippen LogP contribution in [-0.4, -0.2) is 43.5 Å². The van der Waals surface area contributed by atoms with Gasteiger partial charge >= 0.3 is 0 Å². The van der Waals surface area contributed by atoms with Gasteiger partial charge in [-0.15, -0.1) is 5.10 Å². The number of nitrogens with zero attached hydrogens (tertiary/aromatic N) is 4. The van der Waals surface area contributed by atoms with Gasteiger partial charge in [-0.05, 0) is 25.0 Å². The van der Waals surface area contributed by atoms with Gasteiger partial charge in [0, 0.05) is 26.1 Å². The molecule has 124 valence electrons. The fourth-order valence-electron chi connectivity index (χ4n) is 3.17. The summed E-state index contributed by atoms with van der Waals surface area (Å²) in [5, 5.41) is 18.0. The maximum atomic E-state index is 12.8. The van der Waals surface area contributed by atoms with Crippen LogP contribution in [0.1, 0.15) is 54.5 Å². The predicted octanol–water partition coefficient (Wildman–Crippen LogP) is 1.92. The van der Waals surface area contributed by atoms with E-state index < -0.39 is 6.10 Å². The monoisotopic (exact) mass is 318 g/mol. The number of aliphatic hydroxyl groups excluding tert-OH is 1. The number of rotatable bonds is 4. The van der Waals surface area contributed by atoms with Crippen LogP contribution in [0.5, 0.6) is 0 Å². The summed E-state index contributed by atoms with van der Waals surface area (Å²) < 4.78 is 6.77. The minimum Gasteiger partial charge on any atom is -0.467 e. The molecule has 1 N–H and O–H groups in total. The third kappa shape index (κ3) is 3.44. The number of hydrogen-bond acceptors (Lipinski definition) is 5. The Morgan fingerprint density at radius 1 is 1.48 bits per heavy atom. The number of aromatic nitrogens is 3. The Kier molecular flexibility index (Phi) is 4.76. The van der Waals surface area contributed by atoms with Gasteiger partial charge in [-0.25, -0.2) is 4.68 Å². The first kappa shape index (κ1) is 15.7. The molecule has 0 unspecified atom stereocenters. The molecule has 2 aromatic heterocycles. The summed E-state index contributed by atoms with van der Waals surface area (Å²) in [7, 11) is 1.71. The van der Waals surface area contributed by atoms with Crippen LogP contribution in [0.2, 0.25) is 0 Å². The smallest absolute Gasteiger partial charge is 0.274 e. The van der Waals surface area contributed by atoms with E-state index in [9.17, 15) is 9.90 Å². The molecule has 3 rings (SSSR count). The zero-order chi connectivity index (χ0) is 16.2. The van der Waals surface area contributed by atoms with Crippen molar-refractivity contribution in [3.05, 3.63) is 36.0 Å². The van der Waals surface area contributed by atoms with E-state index in [4.69, 9.17) is 4.42 Å². The van der Waals surface area contributed by atoms with Gasteiger partial charge in [0.15, 0.2) is 0 Å². The number of amides is 1. The molecule has 0 spiro atoms. The normalized spacial score (nSPS) is 20.3. The summed E-state index contributed by atoms with van der Waals surface area (Å²) in [4.78, 5) is 14.7. The van der Waals surface area contributed by atoms with E-state index in [-0.39, 0.29) is 11.9 Å².